The van der Waals surface area contributed by atoms with Crippen LogP contribution in [0.25, 0.3) is 10.8 Å². The Morgan fingerprint density at radius 2 is 2.13 bits per heavy atom. The first kappa shape index (κ1) is 9.39. The Morgan fingerprint density at radius 1 is 1.27 bits per heavy atom. The molecule has 0 bridgehead atoms. The van der Waals surface area contributed by atoms with Crippen LogP contribution in [0.15, 0.2) is 30.5 Å². The topological polar surface area (TPSA) is 24.9 Å². The third kappa shape index (κ3) is 1.93. The summed E-state index contributed by atoms with van der Waals surface area (Å²) in [7, 11) is 0. The number of pyridine rings is 1. The number of aromatic nitrogens is 1. The lowest BCUT2D eigenvalue weighted by Gasteiger charge is -2.07. The molecule has 1 N–H and O–H groups in total. The zero-order valence-corrected chi connectivity index (χ0v) is 10.4. The predicted molar refractivity (Wildman–Crippen MR) is 71.1 cm³/mol. The van der Waals surface area contributed by atoms with E-state index in [1.807, 2.05) is 6.20 Å². The number of fused-ring (bicyclic) bond motifs is 1. The summed E-state index contributed by atoms with van der Waals surface area (Å²) in [5.74, 6) is 1.04. The van der Waals surface area contributed by atoms with E-state index in [9.17, 15) is 0 Å². The third-order valence-electron chi connectivity index (χ3n) is 2.65. The summed E-state index contributed by atoms with van der Waals surface area (Å²) in [6, 6.07) is 9.18. The van der Waals surface area contributed by atoms with Crippen molar-refractivity contribution in [2.45, 2.75) is 18.9 Å². The first-order chi connectivity index (χ1) is 7.33. The highest BCUT2D eigenvalue weighted by Crippen LogP contribution is 2.28. The molecule has 1 aromatic carbocycles. The number of hydrogen-bond acceptors (Lipinski definition) is 2. The quantitative estimate of drug-likeness (QED) is 0.860. The summed E-state index contributed by atoms with van der Waals surface area (Å²) in [6.45, 7) is 0. The second-order valence-electron chi connectivity index (χ2n) is 3.94. The minimum Gasteiger partial charge on any atom is -0.367 e. The van der Waals surface area contributed by atoms with Gasteiger partial charge in [-0.25, -0.2) is 4.98 Å². The van der Waals surface area contributed by atoms with Crippen molar-refractivity contribution in [3.05, 3.63) is 34.0 Å². The SMILES string of the molecule is Ic1ccc2ccnc(NC3CC3)c2c1. The maximum Gasteiger partial charge on any atom is 0.134 e. The molecule has 15 heavy (non-hydrogen) atoms. The molecule has 0 atom stereocenters. The van der Waals surface area contributed by atoms with E-state index in [4.69, 9.17) is 0 Å². The number of benzene rings is 1. The third-order valence-corrected chi connectivity index (χ3v) is 3.32. The molecule has 1 aliphatic carbocycles. The first-order valence-corrected chi connectivity index (χ1v) is 6.21. The zero-order valence-electron chi connectivity index (χ0n) is 8.20. The average Bonchev–Trinajstić information content (AvgIpc) is 3.03. The van der Waals surface area contributed by atoms with Crippen molar-refractivity contribution < 1.29 is 0 Å². The normalized spacial score (nSPS) is 15.5. The summed E-state index contributed by atoms with van der Waals surface area (Å²) in [5, 5.41) is 5.96. The van der Waals surface area contributed by atoms with E-state index in [-0.39, 0.29) is 0 Å². The minimum absolute atomic E-state index is 0.654. The average molecular weight is 310 g/mol. The Bertz CT molecular complexity index is 506. The van der Waals surface area contributed by atoms with Gasteiger partial charge in [-0.15, -0.1) is 0 Å². The maximum atomic E-state index is 4.41. The van der Waals surface area contributed by atoms with Crippen molar-refractivity contribution in [2.24, 2.45) is 0 Å². The number of rotatable bonds is 2. The van der Waals surface area contributed by atoms with Crippen LogP contribution in [0.4, 0.5) is 5.82 Å². The van der Waals surface area contributed by atoms with Crippen LogP contribution in [0.5, 0.6) is 0 Å². The standard InChI is InChI=1S/C12H11IN2/c13-9-2-1-8-5-6-14-12(11(8)7-9)15-10-3-4-10/h1-2,5-7,10H,3-4H2,(H,14,15). The fraction of sp³-hybridized carbons (Fsp3) is 0.250. The molecule has 1 fully saturated rings. The molecule has 3 rings (SSSR count). The molecule has 0 saturated heterocycles. The molecule has 0 spiro atoms. The van der Waals surface area contributed by atoms with Crippen LogP contribution in [-0.4, -0.2) is 11.0 Å². The van der Waals surface area contributed by atoms with Gasteiger partial charge in [0.15, 0.2) is 0 Å². The van der Waals surface area contributed by atoms with E-state index in [0.717, 1.165) is 5.82 Å². The van der Waals surface area contributed by atoms with Gasteiger partial charge in [-0.05, 0) is 59.0 Å². The smallest absolute Gasteiger partial charge is 0.134 e. The van der Waals surface area contributed by atoms with Crippen LogP contribution < -0.4 is 5.32 Å². The lowest BCUT2D eigenvalue weighted by atomic mass is 10.1. The molecule has 76 valence electrons. The number of halogens is 1. The lowest BCUT2D eigenvalue weighted by molar-refractivity contribution is 1.12. The van der Waals surface area contributed by atoms with E-state index in [2.05, 4.69) is 57.2 Å². The molecule has 3 heteroatoms. The minimum atomic E-state index is 0.654. The summed E-state index contributed by atoms with van der Waals surface area (Å²) in [4.78, 5) is 4.41. The van der Waals surface area contributed by atoms with Crippen molar-refractivity contribution in [3.63, 3.8) is 0 Å². The maximum absolute atomic E-state index is 4.41. The molecular formula is C12H11IN2. The second kappa shape index (κ2) is 3.63. The molecular weight excluding hydrogens is 299 g/mol. The van der Waals surface area contributed by atoms with Crippen LogP contribution in [0.3, 0.4) is 0 Å². The van der Waals surface area contributed by atoms with Gasteiger partial charge in [0.05, 0.1) is 0 Å². The molecule has 0 amide bonds. The fourth-order valence-corrected chi connectivity index (χ4v) is 2.17. The van der Waals surface area contributed by atoms with Crippen molar-refractivity contribution >= 4 is 39.2 Å². The molecule has 1 saturated carbocycles. The van der Waals surface area contributed by atoms with Crippen LogP contribution in [0.1, 0.15) is 12.8 Å². The molecule has 1 aromatic heterocycles. The zero-order chi connectivity index (χ0) is 10.3. The Morgan fingerprint density at radius 3 is 2.93 bits per heavy atom. The molecule has 0 aliphatic heterocycles. The molecule has 0 radical (unpaired) electrons. The van der Waals surface area contributed by atoms with Crippen molar-refractivity contribution in [2.75, 3.05) is 5.32 Å². The number of nitrogens with one attached hydrogen (secondary N) is 1. The van der Waals surface area contributed by atoms with Gasteiger partial charge in [0.2, 0.25) is 0 Å². The number of anilines is 1. The van der Waals surface area contributed by atoms with E-state index >= 15 is 0 Å². The van der Waals surface area contributed by atoms with E-state index < -0.39 is 0 Å². The Hall–Kier alpha value is -0.840. The van der Waals surface area contributed by atoms with Crippen LogP contribution >= 0.6 is 22.6 Å². The van der Waals surface area contributed by atoms with Crippen LogP contribution in [0, 0.1) is 3.57 Å². The van der Waals surface area contributed by atoms with Gasteiger partial charge in [0.1, 0.15) is 5.82 Å². The summed E-state index contributed by atoms with van der Waals surface area (Å²) < 4.78 is 1.26. The highest BCUT2D eigenvalue weighted by Gasteiger charge is 2.21. The van der Waals surface area contributed by atoms with Crippen molar-refractivity contribution in [3.8, 4) is 0 Å². The largest absolute Gasteiger partial charge is 0.367 e. The fourth-order valence-electron chi connectivity index (χ4n) is 1.68. The van der Waals surface area contributed by atoms with Gasteiger partial charge >= 0.3 is 0 Å². The molecule has 1 aliphatic rings. The van der Waals surface area contributed by atoms with Crippen LogP contribution in [0.2, 0.25) is 0 Å². The van der Waals surface area contributed by atoms with Gasteiger partial charge in [-0.2, -0.15) is 0 Å². The van der Waals surface area contributed by atoms with E-state index in [1.54, 1.807) is 0 Å². The Kier molecular flexibility index (Phi) is 2.27. The van der Waals surface area contributed by atoms with Gasteiger partial charge in [-0.1, -0.05) is 6.07 Å². The molecule has 2 aromatic rings. The molecule has 2 nitrogen and oxygen atoms in total. The molecule has 0 unspecified atom stereocenters. The first-order valence-electron chi connectivity index (χ1n) is 5.14. The van der Waals surface area contributed by atoms with Gasteiger partial charge in [0, 0.05) is 21.2 Å². The van der Waals surface area contributed by atoms with E-state index in [0.29, 0.717) is 6.04 Å². The summed E-state index contributed by atoms with van der Waals surface area (Å²) in [5.41, 5.74) is 0. The van der Waals surface area contributed by atoms with Crippen LogP contribution in [-0.2, 0) is 0 Å². The second-order valence-corrected chi connectivity index (χ2v) is 5.19. The summed E-state index contributed by atoms with van der Waals surface area (Å²) >= 11 is 2.34. The lowest BCUT2D eigenvalue weighted by Crippen LogP contribution is -2.03. The summed E-state index contributed by atoms with van der Waals surface area (Å²) in [6.07, 6.45) is 4.43. The highest BCUT2D eigenvalue weighted by molar-refractivity contribution is 14.1. The van der Waals surface area contributed by atoms with Gasteiger partial charge in [0.25, 0.3) is 0 Å². The predicted octanol–water partition coefficient (Wildman–Crippen LogP) is 3.41. The highest BCUT2D eigenvalue weighted by atomic mass is 127. The van der Waals surface area contributed by atoms with Gasteiger partial charge < -0.3 is 5.32 Å². The monoisotopic (exact) mass is 310 g/mol. The van der Waals surface area contributed by atoms with E-state index in [1.165, 1.54) is 27.2 Å². The van der Waals surface area contributed by atoms with Gasteiger partial charge in [-0.3, -0.25) is 0 Å². The van der Waals surface area contributed by atoms with Crippen molar-refractivity contribution in [1.29, 1.82) is 0 Å². The van der Waals surface area contributed by atoms with Crippen molar-refractivity contribution in [1.82, 2.24) is 4.98 Å². The molecule has 1 heterocycles. The Labute approximate surface area is 102 Å². The number of hydrogen-bond donors (Lipinski definition) is 1. The Balaban J connectivity index is 2.13. The number of nitrogens with zero attached hydrogens (tertiary/aromatic N) is 1.